The zero-order valence-electron chi connectivity index (χ0n) is 2.14. The van der Waals surface area contributed by atoms with Crippen LogP contribution in [0.5, 0.6) is 0 Å². The molecule has 0 aromatic carbocycles. The SMILES string of the molecule is OP(O)O.[Os]. The molecule has 0 aliphatic carbocycles. The van der Waals surface area contributed by atoms with E-state index in [1.54, 1.807) is 0 Å². The van der Waals surface area contributed by atoms with Crippen LogP contribution in [0, 0.1) is 0 Å². The first kappa shape index (κ1) is 9.34. The van der Waals surface area contributed by atoms with E-state index in [1.807, 2.05) is 0 Å². The van der Waals surface area contributed by atoms with Crippen LogP contribution in [0.3, 0.4) is 0 Å². The average Bonchev–Trinajstić information content (AvgIpc) is 0.811. The van der Waals surface area contributed by atoms with Gasteiger partial charge in [-0.1, -0.05) is 0 Å². The van der Waals surface area contributed by atoms with Crippen LogP contribution >= 0.6 is 8.60 Å². The molecule has 0 amide bonds. The maximum atomic E-state index is 7.23. The zero-order chi connectivity index (χ0) is 3.58. The first-order valence-electron chi connectivity index (χ1n) is 0.600. The minimum atomic E-state index is -2.62. The van der Waals surface area contributed by atoms with Crippen molar-refractivity contribution in [1.29, 1.82) is 0 Å². The third kappa shape index (κ3) is 47.9. The molecular formula is H3O3OsP. The molecule has 0 heterocycles. The zero-order valence-corrected chi connectivity index (χ0v) is 5.58. The van der Waals surface area contributed by atoms with Crippen LogP contribution in [-0.2, 0) is 19.8 Å². The fourth-order valence-corrected chi connectivity index (χ4v) is 0. The molecule has 0 saturated heterocycles. The first-order valence-corrected chi connectivity index (χ1v) is 1.80. The van der Waals surface area contributed by atoms with Gasteiger partial charge in [0.05, 0.1) is 0 Å². The van der Waals surface area contributed by atoms with Gasteiger partial charge in [0, 0.05) is 19.8 Å². The molecule has 5 heavy (non-hydrogen) atoms. The second kappa shape index (κ2) is 4.95. The largest absolute Gasteiger partial charge is 0.328 e. The summed E-state index contributed by atoms with van der Waals surface area (Å²) < 4.78 is 0. The standard InChI is InChI=1S/H3O3P.Os/c1-4(2)3;/h1-3H;. The van der Waals surface area contributed by atoms with Crippen molar-refractivity contribution in [3.8, 4) is 0 Å². The van der Waals surface area contributed by atoms with E-state index in [1.165, 1.54) is 0 Å². The maximum absolute atomic E-state index is 7.23. The monoisotopic (exact) mass is 274 g/mol. The molecule has 0 aliphatic rings. The van der Waals surface area contributed by atoms with Crippen LogP contribution in [-0.4, -0.2) is 14.7 Å². The van der Waals surface area contributed by atoms with Crippen molar-refractivity contribution in [2.75, 3.05) is 0 Å². The van der Waals surface area contributed by atoms with E-state index in [0.29, 0.717) is 0 Å². The number of rotatable bonds is 0. The van der Waals surface area contributed by atoms with Gasteiger partial charge in [-0.3, -0.25) is 0 Å². The molecule has 0 spiro atoms. The van der Waals surface area contributed by atoms with Gasteiger partial charge in [0.2, 0.25) is 0 Å². The van der Waals surface area contributed by atoms with Gasteiger partial charge in [-0.05, 0) is 0 Å². The second-order valence-electron chi connectivity index (χ2n) is 0.268. The Balaban J connectivity index is 0. The number of hydrogen-bond donors (Lipinski definition) is 3. The molecule has 34 valence electrons. The summed E-state index contributed by atoms with van der Waals surface area (Å²) in [6, 6.07) is 0. The van der Waals surface area contributed by atoms with E-state index in [9.17, 15) is 0 Å². The van der Waals surface area contributed by atoms with Gasteiger partial charge in [0.25, 0.3) is 0 Å². The summed E-state index contributed by atoms with van der Waals surface area (Å²) in [5.41, 5.74) is 0. The Morgan fingerprint density at radius 3 is 1.00 bits per heavy atom. The second-order valence-corrected chi connectivity index (χ2v) is 0.805. The van der Waals surface area contributed by atoms with Crippen LogP contribution in [0.25, 0.3) is 0 Å². The van der Waals surface area contributed by atoms with Crippen molar-refractivity contribution < 1.29 is 34.5 Å². The summed E-state index contributed by atoms with van der Waals surface area (Å²) in [7, 11) is -2.62. The summed E-state index contributed by atoms with van der Waals surface area (Å²) in [5.74, 6) is 0. The van der Waals surface area contributed by atoms with Crippen LogP contribution in [0.4, 0.5) is 0 Å². The molecule has 0 aliphatic heterocycles. The summed E-state index contributed by atoms with van der Waals surface area (Å²) in [5, 5.41) is 0. The summed E-state index contributed by atoms with van der Waals surface area (Å²) in [6.07, 6.45) is 0. The van der Waals surface area contributed by atoms with E-state index in [0.717, 1.165) is 0 Å². The van der Waals surface area contributed by atoms with Crippen molar-refractivity contribution in [3.05, 3.63) is 0 Å². The van der Waals surface area contributed by atoms with Gasteiger partial charge in [0.1, 0.15) is 0 Å². The Morgan fingerprint density at radius 1 is 1.00 bits per heavy atom. The van der Waals surface area contributed by atoms with E-state index < -0.39 is 8.60 Å². The van der Waals surface area contributed by atoms with E-state index in [4.69, 9.17) is 14.7 Å². The predicted octanol–water partition coefficient (Wildman–Crippen LogP) is -0.812. The van der Waals surface area contributed by atoms with Crippen molar-refractivity contribution in [2.45, 2.75) is 0 Å². The third-order valence-corrected chi connectivity index (χ3v) is 0. The van der Waals surface area contributed by atoms with Gasteiger partial charge < -0.3 is 14.7 Å². The Morgan fingerprint density at radius 2 is 1.00 bits per heavy atom. The van der Waals surface area contributed by atoms with E-state index >= 15 is 0 Å². The summed E-state index contributed by atoms with van der Waals surface area (Å²) in [6.45, 7) is 0. The van der Waals surface area contributed by atoms with Crippen LogP contribution in [0.2, 0.25) is 0 Å². The molecule has 0 bridgehead atoms. The van der Waals surface area contributed by atoms with E-state index in [-0.39, 0.29) is 19.8 Å². The Bertz CT molecular complexity index is 11.6. The maximum Gasteiger partial charge on any atom is 0.324 e. The Labute approximate surface area is 43.7 Å². The average molecular weight is 272 g/mol. The fourth-order valence-electron chi connectivity index (χ4n) is 0. The summed E-state index contributed by atoms with van der Waals surface area (Å²) in [4.78, 5) is 21.7. The van der Waals surface area contributed by atoms with Crippen LogP contribution in [0.15, 0.2) is 0 Å². The van der Waals surface area contributed by atoms with Gasteiger partial charge in [-0.25, -0.2) is 0 Å². The summed E-state index contributed by atoms with van der Waals surface area (Å²) >= 11 is 0. The quantitative estimate of drug-likeness (QED) is 0.505. The molecule has 0 rings (SSSR count). The molecule has 0 aromatic heterocycles. The molecule has 0 unspecified atom stereocenters. The Kier molecular flexibility index (Phi) is 9.24. The molecule has 0 fully saturated rings. The van der Waals surface area contributed by atoms with Gasteiger partial charge in [-0.15, -0.1) is 0 Å². The molecule has 3 nitrogen and oxygen atoms in total. The minimum absolute atomic E-state index is 0. The van der Waals surface area contributed by atoms with E-state index in [2.05, 4.69) is 0 Å². The molecule has 0 radical (unpaired) electrons. The first-order chi connectivity index (χ1) is 1.73. The van der Waals surface area contributed by atoms with Crippen molar-refractivity contribution in [3.63, 3.8) is 0 Å². The van der Waals surface area contributed by atoms with Crippen molar-refractivity contribution in [1.82, 2.24) is 0 Å². The van der Waals surface area contributed by atoms with Crippen LogP contribution in [0.1, 0.15) is 0 Å². The smallest absolute Gasteiger partial charge is 0.324 e. The predicted molar refractivity (Wildman–Crippen MR) is 13.6 cm³/mol. The van der Waals surface area contributed by atoms with Crippen molar-refractivity contribution in [2.24, 2.45) is 0 Å². The van der Waals surface area contributed by atoms with Crippen molar-refractivity contribution >= 4 is 8.60 Å². The van der Waals surface area contributed by atoms with Gasteiger partial charge in [-0.2, -0.15) is 0 Å². The van der Waals surface area contributed by atoms with Gasteiger partial charge in [0.15, 0.2) is 0 Å². The fraction of sp³-hybridized carbons (Fsp3) is 0. The van der Waals surface area contributed by atoms with Gasteiger partial charge >= 0.3 is 8.60 Å². The topological polar surface area (TPSA) is 60.7 Å². The molecular weight excluding hydrogens is 269 g/mol. The minimum Gasteiger partial charge on any atom is -0.328 e. The molecule has 0 saturated carbocycles. The molecule has 0 atom stereocenters. The Hall–Kier alpha value is 0.946. The molecule has 0 aromatic rings. The van der Waals surface area contributed by atoms with Crippen LogP contribution < -0.4 is 0 Å². The third-order valence-electron chi connectivity index (χ3n) is 0. The molecule has 3 N–H and O–H groups in total. The number of hydrogen-bond acceptors (Lipinski definition) is 3. The molecule has 5 heteroatoms. The normalized spacial score (nSPS) is 7.20.